The highest BCUT2D eigenvalue weighted by Crippen LogP contribution is 2.39. The highest BCUT2D eigenvalue weighted by molar-refractivity contribution is 8.13. The minimum Gasteiger partial charge on any atom is -0.463 e. The molecule has 0 fully saturated rings. The molecule has 218 valence electrons. The lowest BCUT2D eigenvalue weighted by atomic mass is 9.90. The van der Waals surface area contributed by atoms with Crippen molar-refractivity contribution in [1.82, 2.24) is 9.29 Å². The zero-order valence-corrected chi connectivity index (χ0v) is 25.4. The lowest BCUT2D eigenvalue weighted by Gasteiger charge is -2.20. The second kappa shape index (κ2) is 12.7. The number of rotatable bonds is 9. The number of amides is 1. The Bertz CT molecular complexity index is 1680. The molecular weight excluding hydrogens is 548 g/mol. The van der Waals surface area contributed by atoms with Gasteiger partial charge >= 0.3 is 5.97 Å². The monoisotopic (exact) mass is 584 g/mol. The van der Waals surface area contributed by atoms with Crippen molar-refractivity contribution in [1.29, 1.82) is 0 Å². The number of nitrogens with one attached hydrogen (secondary N) is 1. The highest BCUT2D eigenvalue weighted by atomic mass is 32.2. The van der Waals surface area contributed by atoms with Crippen LogP contribution < -0.4 is 14.2 Å². The van der Waals surface area contributed by atoms with Gasteiger partial charge in [0.15, 0.2) is 11.5 Å². The number of esters is 1. The minimum absolute atomic E-state index is 0.109. The molecule has 5 rings (SSSR count). The van der Waals surface area contributed by atoms with Gasteiger partial charge in [0.2, 0.25) is 12.7 Å². The minimum atomic E-state index is -0.603. The van der Waals surface area contributed by atoms with Crippen LogP contribution in [0.1, 0.15) is 61.8 Å². The Morgan fingerprint density at radius 1 is 1.02 bits per heavy atom. The van der Waals surface area contributed by atoms with Crippen LogP contribution in [-0.4, -0.2) is 35.2 Å². The molecule has 1 aromatic heterocycles. The van der Waals surface area contributed by atoms with Crippen LogP contribution in [0.25, 0.3) is 17.0 Å². The number of nitrogens with zero attached hydrogens (tertiary/aromatic N) is 1. The summed E-state index contributed by atoms with van der Waals surface area (Å²) in [5, 5.41) is 2.98. The molecule has 0 saturated carbocycles. The van der Waals surface area contributed by atoms with Gasteiger partial charge in [0.25, 0.3) is 0 Å². The standard InChI is InChI=1S/C34H36N2O5S/c1-6-39-32(37)17-9-23-8-15-27-28(20-36(5)29(27)18-23)33(25-12-16-30-31(19-25)41-21-40-30)34(38)35-42(7-2)26-13-10-24(11-14-26)22(3)4/h7-20,22,33H,6,21H2,1-5H3,(H,35,38)/b17-9+. The molecule has 4 aromatic rings. The Morgan fingerprint density at radius 2 is 1.76 bits per heavy atom. The van der Waals surface area contributed by atoms with Crippen molar-refractivity contribution in [2.75, 3.05) is 13.4 Å². The molecule has 2 heterocycles. The Kier molecular flexibility index (Phi) is 8.83. The van der Waals surface area contributed by atoms with Gasteiger partial charge in [-0.05, 0) is 83.8 Å². The van der Waals surface area contributed by atoms with Gasteiger partial charge in [-0.3, -0.25) is 4.79 Å². The molecule has 3 aromatic carbocycles. The molecule has 1 aliphatic rings. The summed E-state index contributed by atoms with van der Waals surface area (Å²) in [5.74, 6) is 0.634. The molecule has 0 bridgehead atoms. The van der Waals surface area contributed by atoms with Crippen molar-refractivity contribution in [3.63, 3.8) is 0 Å². The number of carbonyl (C=O) groups is 2. The number of hydrogen-bond acceptors (Lipinski definition) is 5. The summed E-state index contributed by atoms with van der Waals surface area (Å²) in [6.07, 6.45) is 5.16. The summed E-state index contributed by atoms with van der Waals surface area (Å²) in [6.45, 7) is 8.57. The quantitative estimate of drug-likeness (QED) is 0.131. The Balaban J connectivity index is 1.54. The third-order valence-electron chi connectivity index (χ3n) is 7.29. The number of aromatic nitrogens is 1. The van der Waals surface area contributed by atoms with Crippen LogP contribution in [0.4, 0.5) is 0 Å². The molecule has 0 aliphatic carbocycles. The first-order chi connectivity index (χ1) is 20.3. The predicted octanol–water partition coefficient (Wildman–Crippen LogP) is 6.92. The van der Waals surface area contributed by atoms with E-state index in [0.717, 1.165) is 32.5 Å². The molecule has 1 N–H and O–H groups in total. The number of carbonyl (C=O) groups excluding carboxylic acids is 2. The molecule has 0 spiro atoms. The first kappa shape index (κ1) is 29.2. The Morgan fingerprint density at radius 3 is 2.48 bits per heavy atom. The molecule has 1 aliphatic heterocycles. The number of aryl methyl sites for hydroxylation is 1. The van der Waals surface area contributed by atoms with Crippen LogP contribution in [0.3, 0.4) is 0 Å². The van der Waals surface area contributed by atoms with Crippen LogP contribution in [0.2, 0.25) is 0 Å². The SMILES string of the molecule is CC=S(NC(=O)C(c1ccc2c(c1)OCO2)c1cn(C)c2cc(/C=C/C(=O)OCC)ccc12)c1ccc(C(C)C)cc1. The third-order valence-corrected chi connectivity index (χ3v) is 8.97. The van der Waals surface area contributed by atoms with Crippen molar-refractivity contribution in [2.45, 2.75) is 44.4 Å². The van der Waals surface area contributed by atoms with E-state index >= 15 is 0 Å². The summed E-state index contributed by atoms with van der Waals surface area (Å²) in [7, 11) is 1.36. The average Bonchev–Trinajstić information content (AvgIpc) is 3.59. The summed E-state index contributed by atoms with van der Waals surface area (Å²) in [6, 6.07) is 20.1. The molecule has 2 unspecified atom stereocenters. The van der Waals surface area contributed by atoms with Crippen LogP contribution >= 0.6 is 10.7 Å². The van der Waals surface area contributed by atoms with Crippen LogP contribution in [0, 0.1) is 0 Å². The topological polar surface area (TPSA) is 78.8 Å². The summed E-state index contributed by atoms with van der Waals surface area (Å²) < 4.78 is 21.5. The first-order valence-corrected chi connectivity index (χ1v) is 15.3. The van der Waals surface area contributed by atoms with E-state index in [1.807, 2.05) is 66.5 Å². The fourth-order valence-electron chi connectivity index (χ4n) is 5.11. The van der Waals surface area contributed by atoms with E-state index in [1.54, 1.807) is 13.0 Å². The molecule has 1 amide bonds. The van der Waals surface area contributed by atoms with E-state index in [1.165, 1.54) is 11.6 Å². The van der Waals surface area contributed by atoms with E-state index in [0.29, 0.717) is 24.0 Å². The maximum absolute atomic E-state index is 14.3. The second-order valence-electron chi connectivity index (χ2n) is 10.4. The van der Waals surface area contributed by atoms with E-state index in [-0.39, 0.29) is 18.7 Å². The second-order valence-corrected chi connectivity index (χ2v) is 12.2. The van der Waals surface area contributed by atoms with Gasteiger partial charge in [-0.1, -0.05) is 54.8 Å². The molecular formula is C34H36N2O5S. The van der Waals surface area contributed by atoms with Crippen molar-refractivity contribution < 1.29 is 23.8 Å². The molecule has 7 nitrogen and oxygen atoms in total. The third kappa shape index (κ3) is 6.14. The number of ether oxygens (including phenoxy) is 3. The van der Waals surface area contributed by atoms with Crippen LogP contribution in [0.5, 0.6) is 11.5 Å². The molecule has 42 heavy (non-hydrogen) atoms. The van der Waals surface area contributed by atoms with Gasteiger partial charge in [-0.2, -0.15) is 0 Å². The summed E-state index contributed by atoms with van der Waals surface area (Å²) in [4.78, 5) is 27.1. The van der Waals surface area contributed by atoms with E-state index in [2.05, 4.69) is 42.8 Å². The van der Waals surface area contributed by atoms with Gasteiger partial charge in [0, 0.05) is 35.1 Å². The van der Waals surface area contributed by atoms with Crippen molar-refractivity contribution in [3.05, 3.63) is 95.2 Å². The van der Waals surface area contributed by atoms with Gasteiger partial charge < -0.3 is 23.5 Å². The lowest BCUT2D eigenvalue weighted by molar-refractivity contribution is -0.137. The van der Waals surface area contributed by atoms with Crippen molar-refractivity contribution in [3.8, 4) is 11.5 Å². The summed E-state index contributed by atoms with van der Waals surface area (Å²) in [5.41, 5.74) is 4.75. The van der Waals surface area contributed by atoms with Gasteiger partial charge in [0.05, 0.1) is 12.5 Å². The zero-order chi connectivity index (χ0) is 29.8. The summed E-state index contributed by atoms with van der Waals surface area (Å²) >= 11 is 0. The van der Waals surface area contributed by atoms with Crippen molar-refractivity contribution in [2.24, 2.45) is 7.05 Å². The van der Waals surface area contributed by atoms with E-state index in [4.69, 9.17) is 14.2 Å². The molecule has 0 saturated heterocycles. The largest absolute Gasteiger partial charge is 0.463 e. The first-order valence-electron chi connectivity index (χ1n) is 14.1. The van der Waals surface area contributed by atoms with Crippen molar-refractivity contribution >= 4 is 44.9 Å². The molecule has 0 radical (unpaired) electrons. The maximum atomic E-state index is 14.3. The molecule has 2 atom stereocenters. The van der Waals surface area contributed by atoms with E-state index < -0.39 is 16.6 Å². The van der Waals surface area contributed by atoms with Gasteiger partial charge in [-0.25, -0.2) is 4.79 Å². The zero-order valence-electron chi connectivity index (χ0n) is 24.5. The number of hydrogen-bond donors (Lipinski definition) is 1. The highest BCUT2D eigenvalue weighted by Gasteiger charge is 2.29. The van der Waals surface area contributed by atoms with Gasteiger partial charge in [0.1, 0.15) is 0 Å². The smallest absolute Gasteiger partial charge is 0.330 e. The fraction of sp³-hybridized carbons (Fsp3) is 0.265. The Labute approximate surface area is 249 Å². The number of benzene rings is 3. The Hall–Kier alpha value is -4.30. The fourth-order valence-corrected chi connectivity index (χ4v) is 6.38. The van der Waals surface area contributed by atoms with E-state index in [9.17, 15) is 9.59 Å². The number of fused-ring (bicyclic) bond motifs is 2. The predicted molar refractivity (Wildman–Crippen MR) is 169 cm³/mol. The van der Waals surface area contributed by atoms with Crippen LogP contribution in [-0.2, 0) is 21.4 Å². The maximum Gasteiger partial charge on any atom is 0.330 e. The molecule has 8 heteroatoms. The van der Waals surface area contributed by atoms with Crippen LogP contribution in [0.15, 0.2) is 77.8 Å². The van der Waals surface area contributed by atoms with Gasteiger partial charge in [-0.15, -0.1) is 0 Å². The average molecular weight is 585 g/mol. The normalized spacial score (nSPS) is 14.0. The lowest BCUT2D eigenvalue weighted by Crippen LogP contribution is -2.26.